The zero-order valence-electron chi connectivity index (χ0n) is 18.7. The number of alkyl halides is 1. The second-order valence-corrected chi connectivity index (χ2v) is 11.0. The molecule has 170 valence electrons. The Morgan fingerprint density at radius 1 is 1.03 bits per heavy atom. The number of rotatable bonds is 5. The van der Waals surface area contributed by atoms with Crippen molar-refractivity contribution in [3.05, 3.63) is 0 Å². The largest absolute Gasteiger partial charge is 0.352 e. The molecule has 5 aliphatic rings. The first kappa shape index (κ1) is 21.1. The highest BCUT2D eigenvalue weighted by Crippen LogP contribution is 2.38. The van der Waals surface area contributed by atoms with Gasteiger partial charge in [0.05, 0.1) is 6.04 Å². The Bertz CT molecular complexity index is 588. The van der Waals surface area contributed by atoms with Gasteiger partial charge in [-0.15, -0.1) is 0 Å². The minimum Gasteiger partial charge on any atom is -0.352 e. The van der Waals surface area contributed by atoms with Gasteiger partial charge < -0.3 is 15.5 Å². The molecule has 1 amide bonds. The van der Waals surface area contributed by atoms with Gasteiger partial charge in [-0.1, -0.05) is 6.92 Å². The molecule has 2 aliphatic heterocycles. The highest BCUT2D eigenvalue weighted by atomic mass is 19.1. The van der Waals surface area contributed by atoms with E-state index in [1.807, 2.05) is 0 Å². The molecule has 3 saturated carbocycles. The third kappa shape index (κ3) is 4.71. The molecule has 0 spiro atoms. The lowest BCUT2D eigenvalue weighted by molar-refractivity contribution is -0.124. The number of fused-ring (bicyclic) bond motifs is 1. The van der Waals surface area contributed by atoms with Crippen LogP contribution in [0.15, 0.2) is 0 Å². The van der Waals surface area contributed by atoms with Gasteiger partial charge in [0.1, 0.15) is 6.17 Å². The number of nitrogens with zero attached hydrogens (tertiary/aromatic N) is 2. The second kappa shape index (κ2) is 9.03. The quantitative estimate of drug-likeness (QED) is 0.718. The molecule has 7 atom stereocenters. The van der Waals surface area contributed by atoms with E-state index in [0.717, 1.165) is 25.2 Å². The van der Waals surface area contributed by atoms with E-state index in [4.69, 9.17) is 0 Å². The van der Waals surface area contributed by atoms with Gasteiger partial charge in [0.2, 0.25) is 5.91 Å². The molecule has 0 aromatic heterocycles. The summed E-state index contributed by atoms with van der Waals surface area (Å²) >= 11 is 0. The van der Waals surface area contributed by atoms with E-state index in [-0.39, 0.29) is 30.0 Å². The van der Waals surface area contributed by atoms with Crippen LogP contribution >= 0.6 is 0 Å². The van der Waals surface area contributed by atoms with Crippen molar-refractivity contribution < 1.29 is 9.18 Å². The summed E-state index contributed by atoms with van der Waals surface area (Å²) in [5.74, 6) is 1.59. The molecule has 5 rings (SSSR count). The number of amides is 1. The minimum absolute atomic E-state index is 0.0236. The van der Waals surface area contributed by atoms with Crippen LogP contribution in [0.3, 0.4) is 0 Å². The fourth-order valence-corrected chi connectivity index (χ4v) is 6.71. The van der Waals surface area contributed by atoms with Crippen LogP contribution in [0.2, 0.25) is 0 Å². The third-order valence-electron chi connectivity index (χ3n) is 8.78. The van der Waals surface area contributed by atoms with Crippen LogP contribution in [0.4, 0.5) is 4.39 Å². The summed E-state index contributed by atoms with van der Waals surface area (Å²) in [5, 5.41) is 6.85. The molecular weight excluding hydrogens is 379 g/mol. The number of halogens is 1. The van der Waals surface area contributed by atoms with Crippen molar-refractivity contribution >= 4 is 5.91 Å². The summed E-state index contributed by atoms with van der Waals surface area (Å²) in [4.78, 5) is 18.3. The lowest BCUT2D eigenvalue weighted by Crippen LogP contribution is -2.54. The minimum atomic E-state index is -0.742. The molecule has 7 unspecified atom stereocenters. The molecule has 6 heteroatoms. The van der Waals surface area contributed by atoms with Crippen LogP contribution in [-0.4, -0.2) is 78.8 Å². The van der Waals surface area contributed by atoms with E-state index in [1.165, 1.54) is 58.4 Å². The number of hydrogen-bond acceptors (Lipinski definition) is 4. The monoisotopic (exact) mass is 420 g/mol. The van der Waals surface area contributed by atoms with Crippen LogP contribution in [0, 0.1) is 17.8 Å². The first-order valence-electron chi connectivity index (χ1n) is 12.7. The van der Waals surface area contributed by atoms with Gasteiger partial charge in [-0.25, -0.2) is 4.39 Å². The van der Waals surface area contributed by atoms with Crippen molar-refractivity contribution in [2.75, 3.05) is 32.7 Å². The third-order valence-corrected chi connectivity index (χ3v) is 8.78. The standard InChI is InChI=1S/C24H41FN4O/c1-16-5-8-21(25)20-14-22(27-23(16)20)24(30)26-18-3-2-4-19(13-18)29-11-9-28(10-12-29)15-17-6-7-17/h16-23,27H,2-15H2,1H3,(H,26,30). The zero-order chi connectivity index (χ0) is 20.7. The van der Waals surface area contributed by atoms with Crippen LogP contribution in [0.1, 0.15) is 64.7 Å². The Balaban J connectivity index is 1.09. The Morgan fingerprint density at radius 3 is 2.57 bits per heavy atom. The SMILES string of the molecule is CC1CCC(F)C2CC(C(=O)NC3CCCC(N4CCN(CC5CC5)CC4)C3)NC12. The van der Waals surface area contributed by atoms with Gasteiger partial charge in [-0.2, -0.15) is 0 Å². The van der Waals surface area contributed by atoms with Gasteiger partial charge in [-0.05, 0) is 69.6 Å². The molecule has 3 aliphatic carbocycles. The van der Waals surface area contributed by atoms with Gasteiger partial charge in [-0.3, -0.25) is 9.69 Å². The smallest absolute Gasteiger partial charge is 0.237 e. The molecule has 5 fully saturated rings. The number of hydrogen-bond donors (Lipinski definition) is 2. The van der Waals surface area contributed by atoms with Crippen LogP contribution in [-0.2, 0) is 4.79 Å². The molecule has 0 radical (unpaired) electrons. The maximum Gasteiger partial charge on any atom is 0.237 e. The van der Waals surface area contributed by atoms with Crippen molar-refractivity contribution in [2.45, 2.75) is 95.1 Å². The molecule has 2 N–H and O–H groups in total. The van der Waals surface area contributed by atoms with Crippen molar-refractivity contribution in [3.8, 4) is 0 Å². The summed E-state index contributed by atoms with van der Waals surface area (Å²) < 4.78 is 14.4. The number of piperazine rings is 1. The average Bonchev–Trinajstić information content (AvgIpc) is 3.44. The maximum atomic E-state index is 14.4. The van der Waals surface area contributed by atoms with E-state index in [1.54, 1.807) is 0 Å². The summed E-state index contributed by atoms with van der Waals surface area (Å²) in [6.45, 7) is 8.30. The number of carbonyl (C=O) groups is 1. The second-order valence-electron chi connectivity index (χ2n) is 11.0. The lowest BCUT2D eigenvalue weighted by Gasteiger charge is -2.42. The zero-order valence-corrected chi connectivity index (χ0v) is 18.7. The molecule has 0 aromatic rings. The van der Waals surface area contributed by atoms with Crippen molar-refractivity contribution in [1.82, 2.24) is 20.4 Å². The molecule has 5 nitrogen and oxygen atoms in total. The highest BCUT2D eigenvalue weighted by molar-refractivity contribution is 5.82. The highest BCUT2D eigenvalue weighted by Gasteiger charge is 2.46. The summed E-state index contributed by atoms with van der Waals surface area (Å²) in [6, 6.07) is 0.867. The Labute approximate surface area is 181 Å². The van der Waals surface area contributed by atoms with Crippen molar-refractivity contribution in [2.24, 2.45) is 17.8 Å². The predicted molar refractivity (Wildman–Crippen MR) is 117 cm³/mol. The predicted octanol–water partition coefficient (Wildman–Crippen LogP) is 2.56. The molecule has 2 heterocycles. The number of nitrogens with one attached hydrogen (secondary N) is 2. The number of carbonyl (C=O) groups excluding carboxylic acids is 1. The summed E-state index contributed by atoms with van der Waals surface area (Å²) in [6.07, 6.45) is 9.03. The molecule has 0 bridgehead atoms. The van der Waals surface area contributed by atoms with E-state index in [9.17, 15) is 9.18 Å². The maximum absolute atomic E-state index is 14.4. The first-order chi connectivity index (χ1) is 14.6. The average molecular weight is 421 g/mol. The molecule has 30 heavy (non-hydrogen) atoms. The normalized spacial score (nSPS) is 43.3. The van der Waals surface area contributed by atoms with E-state index in [0.29, 0.717) is 24.8 Å². The van der Waals surface area contributed by atoms with Gasteiger partial charge >= 0.3 is 0 Å². The molecular formula is C24H41FN4O. The van der Waals surface area contributed by atoms with Crippen molar-refractivity contribution in [3.63, 3.8) is 0 Å². The van der Waals surface area contributed by atoms with E-state index < -0.39 is 6.17 Å². The molecule has 0 aromatic carbocycles. The van der Waals surface area contributed by atoms with E-state index >= 15 is 0 Å². The Hall–Kier alpha value is -0.720. The Kier molecular flexibility index (Phi) is 6.36. The van der Waals surface area contributed by atoms with E-state index in [2.05, 4.69) is 27.4 Å². The van der Waals surface area contributed by atoms with Gasteiger partial charge in [0.15, 0.2) is 0 Å². The van der Waals surface area contributed by atoms with Crippen molar-refractivity contribution in [1.29, 1.82) is 0 Å². The van der Waals surface area contributed by atoms with Crippen LogP contribution in [0.5, 0.6) is 0 Å². The van der Waals surface area contributed by atoms with Gasteiger partial charge in [0.25, 0.3) is 0 Å². The fraction of sp³-hybridized carbons (Fsp3) is 0.958. The van der Waals surface area contributed by atoms with Crippen LogP contribution in [0.25, 0.3) is 0 Å². The van der Waals surface area contributed by atoms with Gasteiger partial charge in [0, 0.05) is 56.8 Å². The fourth-order valence-electron chi connectivity index (χ4n) is 6.71. The van der Waals surface area contributed by atoms with Crippen LogP contribution < -0.4 is 10.6 Å². The molecule has 2 saturated heterocycles. The topological polar surface area (TPSA) is 47.6 Å². The Morgan fingerprint density at radius 2 is 1.83 bits per heavy atom. The summed E-state index contributed by atoms with van der Waals surface area (Å²) in [7, 11) is 0. The summed E-state index contributed by atoms with van der Waals surface area (Å²) in [5.41, 5.74) is 0. The first-order valence-corrected chi connectivity index (χ1v) is 12.7. The lowest BCUT2D eigenvalue weighted by atomic mass is 9.77.